The van der Waals surface area contributed by atoms with Gasteiger partial charge in [-0.1, -0.05) is 67.7 Å². The van der Waals surface area contributed by atoms with Crippen LogP contribution in [0.25, 0.3) is 36.5 Å². The van der Waals surface area contributed by atoms with Crippen LogP contribution < -0.4 is 0 Å². The lowest BCUT2D eigenvalue weighted by Crippen LogP contribution is -2.45. The van der Waals surface area contributed by atoms with Crippen LogP contribution in [-0.4, -0.2) is 200 Å². The van der Waals surface area contributed by atoms with Gasteiger partial charge in [-0.05, 0) is 143 Å². The first kappa shape index (κ1) is 87.3. The molecule has 0 spiro atoms. The molecule has 6 aromatic carbocycles. The van der Waals surface area contributed by atoms with Crippen molar-refractivity contribution in [2.24, 2.45) is 10.8 Å². The molecule has 644 valence electrons. The minimum atomic E-state index is -1.48. The molecule has 0 saturated heterocycles. The number of rotatable bonds is 40. The summed E-state index contributed by atoms with van der Waals surface area (Å²) in [4.78, 5) is 79.1. The number of benzene rings is 6. The molecule has 0 bridgehead atoms. The molecule has 0 atom stereocenters. The van der Waals surface area contributed by atoms with Crippen molar-refractivity contribution in [3.8, 4) is 69.0 Å². The van der Waals surface area contributed by atoms with Gasteiger partial charge in [-0.25, -0.2) is 28.8 Å². The van der Waals surface area contributed by atoms with Crippen molar-refractivity contribution in [2.45, 2.75) is 78.9 Å². The summed E-state index contributed by atoms with van der Waals surface area (Å²) in [5, 5.41) is 172. The highest BCUT2D eigenvalue weighted by Crippen LogP contribution is 2.35. The fourth-order valence-corrected chi connectivity index (χ4v) is 12.0. The molecule has 0 aliphatic heterocycles. The summed E-state index contributed by atoms with van der Waals surface area (Å²) in [5.74, 6) is -9.87. The number of ether oxygens (including phenoxy) is 7. The smallest absolute Gasteiger partial charge is 0.331 e. The highest BCUT2D eigenvalue weighted by atomic mass is 16.6. The number of carbonyl (C=O) groups is 6. The van der Waals surface area contributed by atoms with Crippen LogP contribution >= 0.6 is 0 Å². The molecule has 0 radical (unpaired) electrons. The lowest BCUT2D eigenvalue weighted by atomic mass is 9.86. The predicted molar refractivity (Wildman–Crippen MR) is 427 cm³/mol. The predicted octanol–water partition coefficient (Wildman–Crippen LogP) is 5.73. The van der Waals surface area contributed by atoms with Gasteiger partial charge in [0.15, 0.2) is 69.0 Å². The van der Waals surface area contributed by atoms with Gasteiger partial charge in [-0.15, -0.1) is 30.6 Å². The van der Waals surface area contributed by atoms with Gasteiger partial charge in [0, 0.05) is 36.5 Å². The second-order valence-corrected chi connectivity index (χ2v) is 28.1. The molecule has 43 nitrogen and oxygen atoms in total. The average molecular weight is 1710 g/mol. The fraction of sp³-hybridized carbons (Fsp3) is 0.195. The van der Waals surface area contributed by atoms with Crippen LogP contribution in [0.3, 0.4) is 0 Å². The van der Waals surface area contributed by atoms with E-state index in [4.69, 9.17) is 33.2 Å². The Bertz CT molecular complexity index is 5150. The Morgan fingerprint density at radius 1 is 0.248 bits per heavy atom. The van der Waals surface area contributed by atoms with E-state index in [1.807, 2.05) is 0 Å². The van der Waals surface area contributed by atoms with E-state index in [2.05, 4.69) is 61.9 Å². The summed E-state index contributed by atoms with van der Waals surface area (Å²) in [6, 6.07) is 23.4. The summed E-state index contributed by atoms with van der Waals surface area (Å²) >= 11 is 0. The van der Waals surface area contributed by atoms with Gasteiger partial charge < -0.3 is 94.4 Å². The van der Waals surface area contributed by atoms with Crippen molar-refractivity contribution in [3.05, 3.63) is 250 Å². The zero-order chi connectivity index (χ0) is 88.6. The fourth-order valence-electron chi connectivity index (χ4n) is 12.0. The summed E-state index contributed by atoms with van der Waals surface area (Å²) in [7, 11) is 0. The Labute approximate surface area is 704 Å². The minimum absolute atomic E-state index is 0.126. The summed E-state index contributed by atoms with van der Waals surface area (Å²) in [6.07, 6.45) is 23.4. The number of aromatic hydroxyl groups is 12. The molecule has 6 aromatic heterocycles. The Balaban J connectivity index is 0.901. The summed E-state index contributed by atoms with van der Waals surface area (Å²) in [5.41, 5.74) is -0.0927. The quantitative estimate of drug-likeness (QED) is 0.00943. The van der Waals surface area contributed by atoms with Crippen LogP contribution in [-0.2, 0) is 141 Å². The molecule has 0 aliphatic rings. The number of nitrogens with zero attached hydrogens (tertiary/aromatic N) is 18. The van der Waals surface area contributed by atoms with Crippen LogP contribution in [0, 0.1) is 10.8 Å². The van der Waals surface area contributed by atoms with Crippen LogP contribution in [0.15, 0.2) is 183 Å². The van der Waals surface area contributed by atoms with Crippen molar-refractivity contribution < 1.29 is 123 Å². The number of carbonyl (C=O) groups excluding carboxylic acids is 6. The Morgan fingerprint density at radius 2 is 0.408 bits per heavy atom. The average Bonchev–Trinajstić information content (AvgIpc) is 1.66. The molecule has 12 N–H and O–H groups in total. The molecule has 6 heterocycles. The first-order chi connectivity index (χ1) is 60.1. The van der Waals surface area contributed by atoms with Crippen molar-refractivity contribution in [1.82, 2.24) is 90.0 Å². The van der Waals surface area contributed by atoms with Crippen LogP contribution in [0.1, 0.15) is 67.5 Å². The number of hydrogen-bond donors (Lipinski definition) is 12. The molecule has 12 rings (SSSR count). The summed E-state index contributed by atoms with van der Waals surface area (Å²) in [6.45, 7) is -4.71. The second-order valence-electron chi connectivity index (χ2n) is 28.1. The van der Waals surface area contributed by atoms with Gasteiger partial charge in [0.2, 0.25) is 0 Å². The lowest BCUT2D eigenvalue weighted by molar-refractivity contribution is -0.139. The van der Waals surface area contributed by atoms with Crippen molar-refractivity contribution in [1.29, 1.82) is 0 Å². The molecule has 0 amide bonds. The summed E-state index contributed by atoms with van der Waals surface area (Å²) < 4.78 is 48.9. The minimum Gasteiger partial charge on any atom is -0.504 e. The normalized spacial score (nSPS) is 11.9. The van der Waals surface area contributed by atoms with E-state index in [0.717, 1.165) is 36.5 Å². The van der Waals surface area contributed by atoms with Crippen molar-refractivity contribution in [2.75, 3.05) is 13.2 Å². The van der Waals surface area contributed by atoms with Gasteiger partial charge in [0.05, 0.1) is 100 Å². The Morgan fingerprint density at radius 3 is 0.560 bits per heavy atom. The van der Waals surface area contributed by atoms with Gasteiger partial charge in [-0.3, -0.25) is 28.1 Å². The van der Waals surface area contributed by atoms with E-state index >= 15 is 0 Å². The molecule has 43 heteroatoms. The molecule has 0 fully saturated rings. The van der Waals surface area contributed by atoms with Gasteiger partial charge >= 0.3 is 35.8 Å². The molecule has 12 aromatic rings. The zero-order valence-electron chi connectivity index (χ0n) is 65.4. The molecule has 0 aliphatic carbocycles. The van der Waals surface area contributed by atoms with Crippen molar-refractivity contribution >= 4 is 72.3 Å². The maximum Gasteiger partial charge on any atom is 0.331 e. The monoisotopic (exact) mass is 1710 g/mol. The Hall–Kier alpha value is -17.0. The van der Waals surface area contributed by atoms with E-state index in [1.165, 1.54) is 211 Å². The Kier molecular flexibility index (Phi) is 28.4. The van der Waals surface area contributed by atoms with E-state index < -0.39 is 121 Å². The first-order valence-electron chi connectivity index (χ1n) is 37.2. The maximum atomic E-state index is 13.2. The number of phenols is 12. The number of esters is 6. The first-order valence-corrected chi connectivity index (χ1v) is 37.2. The van der Waals surface area contributed by atoms with Gasteiger partial charge in [-0.2, -0.15) is 0 Å². The second kappa shape index (κ2) is 40.6. The molecule has 125 heavy (non-hydrogen) atoms. The highest BCUT2D eigenvalue weighted by molar-refractivity contribution is 5.90. The molecular formula is C82H76N18O25. The third-order valence-corrected chi connectivity index (χ3v) is 18.0. The standard InChI is InChI=1S/C82H76N18O25/c101-63-13-1-51(25-69(63)107)7-19-75(113)120-37-57-31-95(89-83-57)43-81(44-96-32-58(84-90-96)38-121-76(114)20-8-52-2-14-64(102)70(108)26-52,45-97-33-59(85-91-97)39-122-77(115)21-9-53-3-15-65(103)71(109)27-53)49-119-50-82(46-98-34-60(86-92-98)40-123-78(116)22-10-54-4-16-66(104)72(110)28-54,47-99-35-61(87-93-99)41-124-79(117)23-11-55-5-17-67(105)73(111)29-55)48-100-36-62(88-94-100)42-125-80(118)24-12-56-6-18-68(106)74(112)30-56/h1-36,101-112H,37-50H2/b19-7+,20-8+,21-9+,22-10+,23-11+,24-12+. The number of hydrogen-bond acceptors (Lipinski definition) is 37. The zero-order valence-corrected chi connectivity index (χ0v) is 65.4. The SMILES string of the molecule is O=C(/C=C/c1ccc(O)c(O)c1)OCc1cn(CC(COCC(Cn2cc(COC(=O)/C=C/c3ccc(O)c(O)c3)nn2)(Cn2cc(COC(=O)/C=C/c3ccc(O)c(O)c3)nn2)Cn2cc(COC(=O)/C=C/c3ccc(O)c(O)c3)nn2)(Cn2cc(COC(=O)/C=C/c3ccc(O)c(O)c3)nn2)Cn2cc(COC(=O)/C=C/c3ccc(O)c(O)c3)nn2)nn1. The lowest BCUT2D eigenvalue weighted by Gasteiger charge is -2.37. The van der Waals surface area contributed by atoms with Crippen molar-refractivity contribution in [3.63, 3.8) is 0 Å². The van der Waals surface area contributed by atoms with E-state index in [9.17, 15) is 90.0 Å². The number of aromatic nitrogens is 18. The van der Waals surface area contributed by atoms with E-state index in [-0.39, 0.29) is 121 Å². The van der Waals surface area contributed by atoms with E-state index in [0.29, 0.717) is 33.4 Å². The topological polar surface area (TPSA) is 594 Å². The van der Waals surface area contributed by atoms with Crippen LogP contribution in [0.2, 0.25) is 0 Å². The number of phenolic OH excluding ortho intramolecular Hbond substituents is 12. The molecular weight excluding hydrogens is 1640 g/mol. The largest absolute Gasteiger partial charge is 0.504 e. The van der Waals surface area contributed by atoms with Crippen LogP contribution in [0.5, 0.6) is 69.0 Å². The highest BCUT2D eigenvalue weighted by Gasteiger charge is 2.40. The van der Waals surface area contributed by atoms with Crippen LogP contribution in [0.4, 0.5) is 0 Å². The van der Waals surface area contributed by atoms with E-state index in [1.54, 1.807) is 0 Å². The molecule has 0 saturated carbocycles. The van der Waals surface area contributed by atoms with Gasteiger partial charge in [0.1, 0.15) is 73.8 Å². The molecule has 0 unspecified atom stereocenters. The third kappa shape index (κ3) is 26.0. The maximum absolute atomic E-state index is 13.2. The third-order valence-electron chi connectivity index (χ3n) is 18.0. The van der Waals surface area contributed by atoms with Gasteiger partial charge in [0.25, 0.3) is 0 Å².